The fourth-order valence-electron chi connectivity index (χ4n) is 1.89. The molecular formula is C17H14ClF3N2O4. The van der Waals surface area contributed by atoms with Gasteiger partial charge < -0.3 is 14.8 Å². The average molecular weight is 403 g/mol. The van der Waals surface area contributed by atoms with E-state index in [2.05, 4.69) is 15.0 Å². The van der Waals surface area contributed by atoms with Crippen molar-refractivity contribution in [2.24, 2.45) is 0 Å². The lowest BCUT2D eigenvalue weighted by Gasteiger charge is -2.10. The lowest BCUT2D eigenvalue weighted by Crippen LogP contribution is -2.21. The van der Waals surface area contributed by atoms with Gasteiger partial charge in [0.25, 0.3) is 5.91 Å². The van der Waals surface area contributed by atoms with Gasteiger partial charge in [0.15, 0.2) is 13.2 Å². The van der Waals surface area contributed by atoms with E-state index in [1.165, 1.54) is 6.07 Å². The van der Waals surface area contributed by atoms with E-state index in [0.29, 0.717) is 16.3 Å². The Bertz CT molecular complexity index is 826. The number of esters is 1. The molecule has 0 aliphatic carbocycles. The van der Waals surface area contributed by atoms with Gasteiger partial charge in [0, 0.05) is 23.0 Å². The Morgan fingerprint density at radius 2 is 1.96 bits per heavy atom. The first-order valence-electron chi connectivity index (χ1n) is 7.53. The van der Waals surface area contributed by atoms with E-state index in [4.69, 9.17) is 16.3 Å². The number of rotatable bonds is 6. The third-order valence-electron chi connectivity index (χ3n) is 3.23. The van der Waals surface area contributed by atoms with Crippen molar-refractivity contribution in [3.05, 3.63) is 52.7 Å². The molecule has 0 fully saturated rings. The van der Waals surface area contributed by atoms with E-state index in [-0.39, 0.29) is 11.4 Å². The molecule has 0 bridgehead atoms. The molecule has 144 valence electrons. The normalized spacial score (nSPS) is 11.0. The van der Waals surface area contributed by atoms with Crippen LogP contribution in [-0.2, 0) is 9.53 Å². The van der Waals surface area contributed by atoms with Crippen LogP contribution in [0.2, 0.25) is 5.02 Å². The van der Waals surface area contributed by atoms with E-state index in [9.17, 15) is 22.8 Å². The number of ether oxygens (including phenoxy) is 2. The van der Waals surface area contributed by atoms with Crippen molar-refractivity contribution in [2.45, 2.75) is 13.1 Å². The number of hydrogen-bond acceptors (Lipinski definition) is 5. The quantitative estimate of drug-likeness (QED) is 0.744. The van der Waals surface area contributed by atoms with E-state index >= 15 is 0 Å². The minimum atomic E-state index is -4.49. The predicted octanol–water partition coefficient (Wildman–Crippen LogP) is 3.78. The number of alkyl halides is 3. The molecule has 1 aromatic carbocycles. The maximum Gasteiger partial charge on any atom is 0.422 e. The Morgan fingerprint density at radius 1 is 1.22 bits per heavy atom. The van der Waals surface area contributed by atoms with Crippen LogP contribution >= 0.6 is 11.6 Å². The summed E-state index contributed by atoms with van der Waals surface area (Å²) in [6.07, 6.45) is -3.50. The van der Waals surface area contributed by atoms with Gasteiger partial charge in [0.05, 0.1) is 5.56 Å². The van der Waals surface area contributed by atoms with E-state index < -0.39 is 31.3 Å². The summed E-state index contributed by atoms with van der Waals surface area (Å²) in [5.41, 5.74) is 1.11. The molecule has 1 amide bonds. The Balaban J connectivity index is 1.86. The molecule has 10 heteroatoms. The number of carbonyl (C=O) groups excluding carboxylic acids is 2. The van der Waals surface area contributed by atoms with Gasteiger partial charge in [0.2, 0.25) is 5.88 Å². The Hall–Kier alpha value is -2.81. The van der Waals surface area contributed by atoms with E-state index in [1.54, 1.807) is 25.1 Å². The van der Waals surface area contributed by atoms with Gasteiger partial charge in [-0.2, -0.15) is 13.2 Å². The Kier molecular flexibility index (Phi) is 6.62. The zero-order valence-electron chi connectivity index (χ0n) is 14.0. The maximum absolute atomic E-state index is 12.1. The highest BCUT2D eigenvalue weighted by molar-refractivity contribution is 6.31. The van der Waals surface area contributed by atoms with Gasteiger partial charge in [0.1, 0.15) is 0 Å². The number of halogens is 4. The van der Waals surface area contributed by atoms with Gasteiger partial charge in [-0.25, -0.2) is 9.78 Å². The summed E-state index contributed by atoms with van der Waals surface area (Å²) >= 11 is 5.95. The van der Waals surface area contributed by atoms with Crippen LogP contribution in [0.3, 0.4) is 0 Å². The second-order valence-corrected chi connectivity index (χ2v) is 5.73. The lowest BCUT2D eigenvalue weighted by atomic mass is 10.2. The zero-order chi connectivity index (χ0) is 20.0. The number of hydrogen-bond donors (Lipinski definition) is 1. The molecule has 0 radical (unpaired) electrons. The third kappa shape index (κ3) is 6.45. The highest BCUT2D eigenvalue weighted by Crippen LogP contribution is 2.22. The van der Waals surface area contributed by atoms with Crippen molar-refractivity contribution < 1.29 is 32.2 Å². The number of aromatic nitrogens is 1. The molecule has 0 aliphatic heterocycles. The third-order valence-corrected chi connectivity index (χ3v) is 3.64. The fraction of sp³-hybridized carbons (Fsp3) is 0.235. The minimum Gasteiger partial charge on any atom is -0.468 e. The van der Waals surface area contributed by atoms with E-state index in [0.717, 1.165) is 12.3 Å². The second kappa shape index (κ2) is 8.72. The standard InChI is InChI=1S/C17H14ClF3N2O4/c1-10-12(18)3-2-4-13(10)23-14(24)8-26-16(25)11-5-6-15(22-7-11)27-9-17(19,20)21/h2-7H,8-9H2,1H3,(H,23,24). The summed E-state index contributed by atoms with van der Waals surface area (Å²) in [7, 11) is 0. The SMILES string of the molecule is Cc1c(Cl)cccc1NC(=O)COC(=O)c1ccc(OCC(F)(F)F)nc1. The molecule has 6 nitrogen and oxygen atoms in total. The molecule has 0 unspecified atom stereocenters. The molecule has 1 N–H and O–H groups in total. The fourth-order valence-corrected chi connectivity index (χ4v) is 2.06. The summed E-state index contributed by atoms with van der Waals surface area (Å²) in [6, 6.07) is 7.25. The van der Waals surface area contributed by atoms with E-state index in [1.807, 2.05) is 0 Å². The molecule has 0 saturated carbocycles. The Labute approximate surface area is 157 Å². The van der Waals surface area contributed by atoms with Crippen LogP contribution in [0.1, 0.15) is 15.9 Å². The van der Waals surface area contributed by atoms with Crippen LogP contribution in [0.15, 0.2) is 36.5 Å². The number of benzene rings is 1. The monoisotopic (exact) mass is 402 g/mol. The highest BCUT2D eigenvalue weighted by Gasteiger charge is 2.28. The maximum atomic E-state index is 12.1. The van der Waals surface area contributed by atoms with Crippen molar-refractivity contribution in [3.63, 3.8) is 0 Å². The van der Waals surface area contributed by atoms with Crippen molar-refractivity contribution in [1.82, 2.24) is 4.98 Å². The smallest absolute Gasteiger partial charge is 0.422 e. The Morgan fingerprint density at radius 3 is 2.59 bits per heavy atom. The first kappa shape index (κ1) is 20.5. The summed E-state index contributed by atoms with van der Waals surface area (Å²) in [4.78, 5) is 27.3. The topological polar surface area (TPSA) is 77.5 Å². The number of nitrogens with zero attached hydrogens (tertiary/aromatic N) is 1. The van der Waals surface area contributed by atoms with Crippen LogP contribution < -0.4 is 10.1 Å². The molecular weight excluding hydrogens is 389 g/mol. The molecule has 0 atom stereocenters. The number of carbonyl (C=O) groups is 2. The number of nitrogens with one attached hydrogen (secondary N) is 1. The van der Waals surface area contributed by atoms with Crippen molar-refractivity contribution in [1.29, 1.82) is 0 Å². The predicted molar refractivity (Wildman–Crippen MR) is 90.9 cm³/mol. The molecule has 0 saturated heterocycles. The second-order valence-electron chi connectivity index (χ2n) is 5.33. The first-order valence-corrected chi connectivity index (χ1v) is 7.91. The molecule has 2 rings (SSSR count). The van der Waals surface area contributed by atoms with Crippen molar-refractivity contribution >= 4 is 29.2 Å². The van der Waals surface area contributed by atoms with Crippen LogP contribution in [0.4, 0.5) is 18.9 Å². The van der Waals surface area contributed by atoms with Crippen molar-refractivity contribution in [3.8, 4) is 5.88 Å². The summed E-state index contributed by atoms with van der Waals surface area (Å²) in [6.45, 7) is -0.331. The summed E-state index contributed by atoms with van der Waals surface area (Å²) < 4.78 is 45.4. The molecule has 0 spiro atoms. The number of amides is 1. The average Bonchev–Trinajstić information content (AvgIpc) is 2.61. The largest absolute Gasteiger partial charge is 0.468 e. The molecule has 27 heavy (non-hydrogen) atoms. The molecule has 1 heterocycles. The zero-order valence-corrected chi connectivity index (χ0v) is 14.7. The number of pyridine rings is 1. The minimum absolute atomic E-state index is 0.0407. The first-order chi connectivity index (χ1) is 12.7. The molecule has 1 aromatic heterocycles. The summed E-state index contributed by atoms with van der Waals surface area (Å²) in [5.74, 6) is -1.73. The summed E-state index contributed by atoms with van der Waals surface area (Å²) in [5, 5.41) is 3.03. The van der Waals surface area contributed by atoms with Gasteiger partial charge >= 0.3 is 12.1 Å². The van der Waals surface area contributed by atoms with Gasteiger partial charge in [-0.15, -0.1) is 0 Å². The van der Waals surface area contributed by atoms with Gasteiger partial charge in [-0.3, -0.25) is 4.79 Å². The van der Waals surface area contributed by atoms with Crippen LogP contribution in [0.5, 0.6) is 5.88 Å². The van der Waals surface area contributed by atoms with Crippen molar-refractivity contribution in [2.75, 3.05) is 18.5 Å². The van der Waals surface area contributed by atoms with Gasteiger partial charge in [-0.05, 0) is 30.7 Å². The molecule has 2 aromatic rings. The number of anilines is 1. The van der Waals surface area contributed by atoms with Crippen LogP contribution in [0.25, 0.3) is 0 Å². The lowest BCUT2D eigenvalue weighted by molar-refractivity contribution is -0.154. The molecule has 0 aliphatic rings. The van der Waals surface area contributed by atoms with Crippen LogP contribution in [0, 0.1) is 6.92 Å². The highest BCUT2D eigenvalue weighted by atomic mass is 35.5. The van der Waals surface area contributed by atoms with Crippen LogP contribution in [-0.4, -0.2) is 36.3 Å². The van der Waals surface area contributed by atoms with Gasteiger partial charge in [-0.1, -0.05) is 17.7 Å².